The van der Waals surface area contributed by atoms with E-state index in [0.717, 1.165) is 11.1 Å². The summed E-state index contributed by atoms with van der Waals surface area (Å²) in [6.07, 6.45) is 3.46. The van der Waals surface area contributed by atoms with E-state index in [1.165, 1.54) is 0 Å². The van der Waals surface area contributed by atoms with Gasteiger partial charge in [0.15, 0.2) is 0 Å². The minimum Gasteiger partial charge on any atom is -0.352 e. The molecular weight excluding hydrogens is 366 g/mol. The van der Waals surface area contributed by atoms with Gasteiger partial charge in [-0.15, -0.1) is 12.4 Å². The topological polar surface area (TPSA) is 88.1 Å². The van der Waals surface area contributed by atoms with Crippen LogP contribution in [0.15, 0.2) is 30.6 Å². The molecule has 3 N–H and O–H groups in total. The van der Waals surface area contributed by atoms with Crippen molar-refractivity contribution in [3.63, 3.8) is 0 Å². The molecule has 2 amide bonds. The first-order valence-electron chi connectivity index (χ1n) is 8.67. The van der Waals surface area contributed by atoms with Crippen LogP contribution in [0, 0.1) is 12.8 Å². The minimum absolute atomic E-state index is 0. The number of carbonyl (C=O) groups excluding carboxylic acids is 2. The van der Waals surface area contributed by atoms with Gasteiger partial charge in [-0.2, -0.15) is 5.10 Å². The lowest BCUT2D eigenvalue weighted by Gasteiger charge is -2.16. The zero-order valence-corrected chi connectivity index (χ0v) is 17.2. The molecule has 0 saturated carbocycles. The second kappa shape index (κ2) is 10.1. The van der Waals surface area contributed by atoms with Crippen molar-refractivity contribution in [3.05, 3.63) is 47.3 Å². The van der Waals surface area contributed by atoms with Gasteiger partial charge in [-0.05, 0) is 43.7 Å². The molecule has 8 heteroatoms. The van der Waals surface area contributed by atoms with Crippen molar-refractivity contribution >= 4 is 29.9 Å². The maximum absolute atomic E-state index is 12.6. The molecule has 0 fully saturated rings. The molecule has 0 radical (unpaired) electrons. The molecule has 0 bridgehead atoms. The van der Waals surface area contributed by atoms with Gasteiger partial charge in [0.2, 0.25) is 5.91 Å². The van der Waals surface area contributed by atoms with Crippen molar-refractivity contribution in [2.45, 2.75) is 26.8 Å². The number of benzene rings is 1. The van der Waals surface area contributed by atoms with E-state index < -0.39 is 6.04 Å². The average molecular weight is 394 g/mol. The summed E-state index contributed by atoms with van der Waals surface area (Å²) in [6.45, 7) is 6.59. The summed E-state index contributed by atoms with van der Waals surface area (Å²) in [4.78, 5) is 24.8. The predicted octanol–water partition coefficient (Wildman–Crippen LogP) is 2.44. The number of hydrogen-bond donors (Lipinski definition) is 3. The molecule has 2 aromatic rings. The Morgan fingerprint density at radius 2 is 1.96 bits per heavy atom. The fourth-order valence-corrected chi connectivity index (χ4v) is 2.59. The van der Waals surface area contributed by atoms with Crippen LogP contribution in [-0.2, 0) is 11.8 Å². The number of hydrogen-bond acceptors (Lipinski definition) is 4. The van der Waals surface area contributed by atoms with Crippen LogP contribution in [0.25, 0.3) is 0 Å². The Morgan fingerprint density at radius 1 is 1.26 bits per heavy atom. The first kappa shape index (κ1) is 22.7. The second-order valence-corrected chi connectivity index (χ2v) is 6.79. The van der Waals surface area contributed by atoms with Gasteiger partial charge in [-0.1, -0.05) is 13.8 Å². The molecule has 0 spiro atoms. The highest BCUT2D eigenvalue weighted by atomic mass is 35.5. The molecule has 0 aliphatic rings. The van der Waals surface area contributed by atoms with Gasteiger partial charge in [0.1, 0.15) is 6.04 Å². The van der Waals surface area contributed by atoms with Crippen LogP contribution in [0.1, 0.15) is 41.4 Å². The number of anilines is 1. The maximum Gasteiger partial charge on any atom is 0.251 e. The van der Waals surface area contributed by atoms with Crippen molar-refractivity contribution in [2.75, 3.05) is 18.9 Å². The number of carbonyl (C=O) groups is 2. The molecule has 27 heavy (non-hydrogen) atoms. The highest BCUT2D eigenvalue weighted by Crippen LogP contribution is 2.20. The third-order valence-corrected chi connectivity index (χ3v) is 4.03. The maximum atomic E-state index is 12.6. The van der Waals surface area contributed by atoms with E-state index >= 15 is 0 Å². The van der Waals surface area contributed by atoms with Crippen LogP contribution < -0.4 is 16.0 Å². The Balaban J connectivity index is 0.00000364. The summed E-state index contributed by atoms with van der Waals surface area (Å²) >= 11 is 0. The summed E-state index contributed by atoms with van der Waals surface area (Å²) in [7, 11) is 3.54. The number of aromatic nitrogens is 2. The number of amides is 2. The summed E-state index contributed by atoms with van der Waals surface area (Å²) < 4.78 is 1.66. The Morgan fingerprint density at radius 3 is 2.48 bits per heavy atom. The molecule has 2 rings (SSSR count). The van der Waals surface area contributed by atoms with E-state index in [4.69, 9.17) is 0 Å². The number of halogens is 1. The lowest BCUT2D eigenvalue weighted by molar-refractivity contribution is -0.118. The number of rotatable bonds is 7. The lowest BCUT2D eigenvalue weighted by atomic mass is 10.1. The monoisotopic (exact) mass is 393 g/mol. The van der Waals surface area contributed by atoms with E-state index in [0.29, 0.717) is 23.7 Å². The van der Waals surface area contributed by atoms with Crippen molar-refractivity contribution in [2.24, 2.45) is 13.0 Å². The highest BCUT2D eigenvalue weighted by molar-refractivity contribution is 5.98. The van der Waals surface area contributed by atoms with Gasteiger partial charge in [-0.3, -0.25) is 14.3 Å². The summed E-state index contributed by atoms with van der Waals surface area (Å²) in [5.41, 5.74) is 2.88. The average Bonchev–Trinajstić information content (AvgIpc) is 3.01. The molecule has 0 saturated heterocycles. The van der Waals surface area contributed by atoms with E-state index in [-0.39, 0.29) is 24.2 Å². The third-order valence-electron chi connectivity index (χ3n) is 4.03. The first-order valence-corrected chi connectivity index (χ1v) is 8.67. The zero-order valence-electron chi connectivity index (χ0n) is 16.4. The van der Waals surface area contributed by atoms with E-state index in [2.05, 4.69) is 21.0 Å². The highest BCUT2D eigenvalue weighted by Gasteiger charge is 2.21. The van der Waals surface area contributed by atoms with Crippen molar-refractivity contribution in [3.8, 4) is 0 Å². The van der Waals surface area contributed by atoms with E-state index in [1.807, 2.05) is 20.8 Å². The normalized spacial score (nSPS) is 11.6. The van der Waals surface area contributed by atoms with E-state index in [1.54, 1.807) is 49.4 Å². The Hall–Kier alpha value is -2.38. The van der Waals surface area contributed by atoms with Crippen LogP contribution in [-0.4, -0.2) is 35.2 Å². The molecule has 1 aromatic heterocycles. The largest absolute Gasteiger partial charge is 0.352 e. The number of aryl methyl sites for hydroxylation is 2. The van der Waals surface area contributed by atoms with Gasteiger partial charge in [0, 0.05) is 36.6 Å². The molecule has 0 aliphatic heterocycles. The fourth-order valence-electron chi connectivity index (χ4n) is 2.59. The van der Waals surface area contributed by atoms with Gasteiger partial charge in [0.05, 0.1) is 6.20 Å². The quantitative estimate of drug-likeness (QED) is 0.674. The Kier molecular flexibility index (Phi) is 8.46. The molecule has 7 nitrogen and oxygen atoms in total. The van der Waals surface area contributed by atoms with Crippen molar-refractivity contribution in [1.29, 1.82) is 0 Å². The smallest absolute Gasteiger partial charge is 0.251 e. The van der Waals surface area contributed by atoms with Crippen LogP contribution in [0.4, 0.5) is 5.69 Å². The third kappa shape index (κ3) is 6.08. The fraction of sp³-hybridized carbons (Fsp3) is 0.421. The molecular formula is C19H28ClN5O2. The SMILES string of the molecule is CNC(C(=O)Nc1ccc(C(=O)NCC(C)C)cc1C)c1cnn(C)c1.Cl. The van der Waals surface area contributed by atoms with Gasteiger partial charge < -0.3 is 16.0 Å². The Bertz CT molecular complexity index is 788. The standard InChI is InChI=1S/C19H27N5O2.ClH/c1-12(2)9-21-18(25)14-6-7-16(13(3)8-14)23-19(26)17(20-4)15-10-22-24(5)11-15;/h6-8,10-12,17,20H,9H2,1-5H3,(H,21,25)(H,23,26);1H. The van der Waals surface area contributed by atoms with Crippen LogP contribution in [0.3, 0.4) is 0 Å². The number of likely N-dealkylation sites (N-methyl/N-ethyl adjacent to an activating group) is 1. The summed E-state index contributed by atoms with van der Waals surface area (Å²) in [5.74, 6) is 0.105. The molecule has 0 aliphatic carbocycles. The van der Waals surface area contributed by atoms with Crippen molar-refractivity contribution in [1.82, 2.24) is 20.4 Å². The van der Waals surface area contributed by atoms with Crippen molar-refractivity contribution < 1.29 is 9.59 Å². The molecule has 1 aromatic carbocycles. The van der Waals surface area contributed by atoms with Gasteiger partial charge in [0.25, 0.3) is 5.91 Å². The number of nitrogens with one attached hydrogen (secondary N) is 3. The molecule has 1 atom stereocenters. The van der Waals surface area contributed by atoms with Crippen LogP contribution >= 0.6 is 12.4 Å². The van der Waals surface area contributed by atoms with Gasteiger partial charge in [-0.25, -0.2) is 0 Å². The van der Waals surface area contributed by atoms with E-state index in [9.17, 15) is 9.59 Å². The molecule has 1 heterocycles. The number of nitrogens with zero attached hydrogens (tertiary/aromatic N) is 2. The minimum atomic E-state index is -0.503. The summed E-state index contributed by atoms with van der Waals surface area (Å²) in [6, 6.07) is 4.76. The predicted molar refractivity (Wildman–Crippen MR) is 109 cm³/mol. The first-order chi connectivity index (χ1) is 12.3. The summed E-state index contributed by atoms with van der Waals surface area (Å²) in [5, 5.41) is 12.9. The van der Waals surface area contributed by atoms with Gasteiger partial charge >= 0.3 is 0 Å². The molecule has 1 unspecified atom stereocenters. The van der Waals surface area contributed by atoms with Crippen LogP contribution in [0.5, 0.6) is 0 Å². The Labute approximate surface area is 166 Å². The second-order valence-electron chi connectivity index (χ2n) is 6.79. The van der Waals surface area contributed by atoms with Crippen LogP contribution in [0.2, 0.25) is 0 Å². The zero-order chi connectivity index (χ0) is 19.3. The molecule has 148 valence electrons. The lowest BCUT2D eigenvalue weighted by Crippen LogP contribution is -2.30.